The van der Waals surface area contributed by atoms with Crippen molar-refractivity contribution < 1.29 is 9.90 Å². The number of benzene rings is 4. The van der Waals surface area contributed by atoms with Gasteiger partial charge < -0.3 is 5.11 Å². The lowest BCUT2D eigenvalue weighted by Crippen LogP contribution is -2.20. The van der Waals surface area contributed by atoms with Gasteiger partial charge in [0, 0.05) is 21.8 Å². The average molecular weight is 514 g/mol. The predicted octanol–water partition coefficient (Wildman–Crippen LogP) is 5.69. The van der Waals surface area contributed by atoms with E-state index in [1.165, 1.54) is 18.0 Å². The first-order chi connectivity index (χ1) is 17.6. The van der Waals surface area contributed by atoms with Gasteiger partial charge in [-0.3, -0.25) is 9.36 Å². The highest BCUT2D eigenvalue weighted by Crippen LogP contribution is 2.29. The first-order valence-corrected chi connectivity index (χ1v) is 12.4. The van der Waals surface area contributed by atoms with Crippen molar-refractivity contribution in [2.75, 3.05) is 5.75 Å². The number of aromatic nitrogens is 3. The highest BCUT2D eigenvalue weighted by atomic mass is 35.5. The number of fused-ring (bicyclic) bond motifs is 1. The number of nitrogens with zero attached hydrogens (tertiary/aromatic N) is 4. The summed E-state index contributed by atoms with van der Waals surface area (Å²) in [6.07, 6.45) is 1.45. The Morgan fingerprint density at radius 1 is 0.972 bits per heavy atom. The van der Waals surface area contributed by atoms with E-state index in [0.717, 1.165) is 22.0 Å². The number of hydrogen-bond acceptors (Lipinski definition) is 6. The van der Waals surface area contributed by atoms with Crippen molar-refractivity contribution in [3.8, 4) is 22.8 Å². The highest BCUT2D eigenvalue weighted by molar-refractivity contribution is 7.99. The van der Waals surface area contributed by atoms with Crippen LogP contribution in [0.1, 0.15) is 5.56 Å². The molecule has 178 valence electrons. The fourth-order valence-corrected chi connectivity index (χ4v) is 4.58. The van der Waals surface area contributed by atoms with Crippen molar-refractivity contribution in [2.24, 2.45) is 5.10 Å². The van der Waals surface area contributed by atoms with Crippen LogP contribution in [0.15, 0.2) is 101 Å². The van der Waals surface area contributed by atoms with Crippen LogP contribution in [-0.4, -0.2) is 37.7 Å². The lowest BCUT2D eigenvalue weighted by Gasteiger charge is -2.10. The number of phenolic OH excluding ortho intramolecular Hbond substituents is 1. The fraction of sp³-hybridized carbons (Fsp3) is 0.0370. The van der Waals surface area contributed by atoms with Crippen LogP contribution in [-0.2, 0) is 4.79 Å². The summed E-state index contributed by atoms with van der Waals surface area (Å²) in [4.78, 5) is 12.5. The largest absolute Gasteiger partial charge is 0.507 e. The van der Waals surface area contributed by atoms with Crippen molar-refractivity contribution >= 4 is 46.3 Å². The number of aromatic hydroxyl groups is 1. The molecule has 0 saturated carbocycles. The van der Waals surface area contributed by atoms with Gasteiger partial charge in [0.05, 0.1) is 12.0 Å². The summed E-state index contributed by atoms with van der Waals surface area (Å²) in [6.45, 7) is 0. The number of carbonyl (C=O) groups is 1. The van der Waals surface area contributed by atoms with Crippen molar-refractivity contribution in [2.45, 2.75) is 5.16 Å². The van der Waals surface area contributed by atoms with Gasteiger partial charge in [-0.1, -0.05) is 71.9 Å². The maximum atomic E-state index is 12.5. The van der Waals surface area contributed by atoms with E-state index in [1.807, 2.05) is 77.4 Å². The number of thioether (sulfide) groups is 1. The SMILES string of the molecule is O=C(CSc1nnc(-c2ccc(Cl)cc2)n1-c1ccccc1)N/N=C\c1c(O)ccc2ccccc12. The Morgan fingerprint density at radius 2 is 1.72 bits per heavy atom. The van der Waals surface area contributed by atoms with Gasteiger partial charge in [-0.15, -0.1) is 10.2 Å². The molecule has 0 aliphatic carbocycles. The number of para-hydroxylation sites is 1. The lowest BCUT2D eigenvalue weighted by atomic mass is 10.0. The summed E-state index contributed by atoms with van der Waals surface area (Å²) in [5.74, 6) is 0.494. The molecule has 4 aromatic carbocycles. The first-order valence-electron chi connectivity index (χ1n) is 11.0. The van der Waals surface area contributed by atoms with Crippen LogP contribution >= 0.6 is 23.4 Å². The first kappa shape index (κ1) is 23.6. The highest BCUT2D eigenvalue weighted by Gasteiger charge is 2.17. The molecule has 0 radical (unpaired) electrons. The van der Waals surface area contributed by atoms with Gasteiger partial charge in [0.25, 0.3) is 5.91 Å². The fourth-order valence-electron chi connectivity index (χ4n) is 3.71. The van der Waals surface area contributed by atoms with E-state index in [4.69, 9.17) is 11.6 Å². The van der Waals surface area contributed by atoms with E-state index in [1.54, 1.807) is 18.2 Å². The topological polar surface area (TPSA) is 92.4 Å². The maximum absolute atomic E-state index is 12.5. The Morgan fingerprint density at radius 3 is 2.53 bits per heavy atom. The molecule has 0 aliphatic rings. The van der Waals surface area contributed by atoms with Crippen molar-refractivity contribution in [1.29, 1.82) is 0 Å². The van der Waals surface area contributed by atoms with E-state index in [-0.39, 0.29) is 17.4 Å². The summed E-state index contributed by atoms with van der Waals surface area (Å²) >= 11 is 7.30. The zero-order valence-electron chi connectivity index (χ0n) is 18.9. The molecule has 0 fully saturated rings. The summed E-state index contributed by atoms with van der Waals surface area (Å²) in [5, 5.41) is 26.0. The number of hydrogen-bond donors (Lipinski definition) is 2. The van der Waals surface area contributed by atoms with E-state index >= 15 is 0 Å². The smallest absolute Gasteiger partial charge is 0.250 e. The molecule has 0 atom stereocenters. The molecule has 0 spiro atoms. The van der Waals surface area contributed by atoms with Gasteiger partial charge in [-0.25, -0.2) is 5.43 Å². The van der Waals surface area contributed by atoms with E-state index in [2.05, 4.69) is 20.7 Å². The Hall–Kier alpha value is -4.14. The minimum absolute atomic E-state index is 0.0739. The Labute approximate surface area is 216 Å². The maximum Gasteiger partial charge on any atom is 0.250 e. The third-order valence-electron chi connectivity index (χ3n) is 5.41. The molecule has 36 heavy (non-hydrogen) atoms. The van der Waals surface area contributed by atoms with Crippen molar-refractivity contribution in [3.63, 3.8) is 0 Å². The minimum Gasteiger partial charge on any atom is -0.507 e. The summed E-state index contributed by atoms with van der Waals surface area (Å²) in [5.41, 5.74) is 4.79. The molecular weight excluding hydrogens is 494 g/mol. The molecule has 5 aromatic rings. The molecule has 7 nitrogen and oxygen atoms in total. The second kappa shape index (κ2) is 10.6. The molecular formula is C27H20ClN5O2S. The van der Waals surface area contributed by atoms with Crippen molar-refractivity contribution in [1.82, 2.24) is 20.2 Å². The van der Waals surface area contributed by atoms with Crippen LogP contribution in [0.4, 0.5) is 0 Å². The molecule has 0 bridgehead atoms. The van der Waals surface area contributed by atoms with E-state index in [0.29, 0.717) is 21.6 Å². The van der Waals surface area contributed by atoms with Gasteiger partial charge in [0.2, 0.25) is 0 Å². The average Bonchev–Trinajstić information content (AvgIpc) is 3.33. The standard InChI is InChI=1S/C27H20ClN5O2S/c28-20-13-10-19(11-14-20)26-31-32-27(33(26)21-7-2-1-3-8-21)36-17-25(35)30-29-16-23-22-9-5-4-6-18(22)12-15-24(23)34/h1-16,34H,17H2,(H,30,35)/b29-16-. The predicted molar refractivity (Wildman–Crippen MR) is 144 cm³/mol. The number of carbonyl (C=O) groups excluding carboxylic acids is 1. The second-order valence-corrected chi connectivity index (χ2v) is 9.16. The molecule has 1 amide bonds. The van der Waals surface area contributed by atoms with Crippen LogP contribution in [0.3, 0.4) is 0 Å². The number of rotatable bonds is 7. The Balaban J connectivity index is 1.33. The molecule has 2 N–H and O–H groups in total. The van der Waals surface area contributed by atoms with Gasteiger partial charge in [0.15, 0.2) is 11.0 Å². The number of nitrogens with one attached hydrogen (secondary N) is 1. The molecule has 0 saturated heterocycles. The van der Waals surface area contributed by atoms with Crippen LogP contribution in [0, 0.1) is 0 Å². The second-order valence-electron chi connectivity index (χ2n) is 7.79. The summed E-state index contributed by atoms with van der Waals surface area (Å²) in [7, 11) is 0. The van der Waals surface area contributed by atoms with Crippen LogP contribution in [0.2, 0.25) is 5.02 Å². The number of halogens is 1. The normalized spacial score (nSPS) is 11.2. The van der Waals surface area contributed by atoms with Gasteiger partial charge in [-0.2, -0.15) is 5.10 Å². The molecule has 9 heteroatoms. The van der Waals surface area contributed by atoms with Crippen LogP contribution in [0.25, 0.3) is 27.8 Å². The van der Waals surface area contributed by atoms with Gasteiger partial charge >= 0.3 is 0 Å². The van der Waals surface area contributed by atoms with Crippen LogP contribution in [0.5, 0.6) is 5.75 Å². The third-order valence-corrected chi connectivity index (χ3v) is 6.59. The molecule has 1 heterocycles. The molecule has 5 rings (SSSR count). The molecule has 0 unspecified atom stereocenters. The molecule has 1 aromatic heterocycles. The quantitative estimate of drug-likeness (QED) is 0.166. The monoisotopic (exact) mass is 513 g/mol. The summed E-state index contributed by atoms with van der Waals surface area (Å²) in [6, 6.07) is 28.1. The Bertz CT molecular complexity index is 1550. The van der Waals surface area contributed by atoms with Crippen LogP contribution < -0.4 is 5.43 Å². The third kappa shape index (κ3) is 5.10. The van der Waals surface area contributed by atoms with Gasteiger partial charge in [0.1, 0.15) is 5.75 Å². The minimum atomic E-state index is -0.313. The Kier molecular flexibility index (Phi) is 6.97. The number of phenols is 1. The zero-order valence-corrected chi connectivity index (χ0v) is 20.4. The van der Waals surface area contributed by atoms with Gasteiger partial charge in [-0.05, 0) is 53.2 Å². The summed E-state index contributed by atoms with van der Waals surface area (Å²) < 4.78 is 1.90. The lowest BCUT2D eigenvalue weighted by molar-refractivity contribution is -0.118. The van der Waals surface area contributed by atoms with E-state index in [9.17, 15) is 9.90 Å². The van der Waals surface area contributed by atoms with E-state index < -0.39 is 0 Å². The number of amides is 1. The number of hydrazone groups is 1. The molecule has 0 aliphatic heterocycles. The zero-order chi connectivity index (χ0) is 24.9. The van der Waals surface area contributed by atoms with Crippen molar-refractivity contribution in [3.05, 3.63) is 102 Å².